The van der Waals surface area contributed by atoms with E-state index < -0.39 is 60.5 Å². The molecule has 0 amide bonds. The van der Waals surface area contributed by atoms with E-state index in [9.17, 15) is 43.7 Å². The highest BCUT2D eigenvalue weighted by atomic mass is 32.2. The van der Waals surface area contributed by atoms with Crippen molar-refractivity contribution in [3.63, 3.8) is 0 Å². The zero-order chi connectivity index (χ0) is 18.9. The second-order valence-electron chi connectivity index (χ2n) is 4.48. The maximum atomic E-state index is 13.4. The lowest BCUT2D eigenvalue weighted by Gasteiger charge is -2.27. The van der Waals surface area contributed by atoms with Crippen molar-refractivity contribution >= 4 is 17.6 Å². The van der Waals surface area contributed by atoms with Gasteiger partial charge in [-0.3, -0.25) is 4.57 Å². The van der Waals surface area contributed by atoms with Gasteiger partial charge >= 0.3 is 19.7 Å². The Morgan fingerprint density at radius 2 is 1.57 bits per heavy atom. The summed E-state index contributed by atoms with van der Waals surface area (Å²) in [5.74, 6) is -6.23. The zero-order valence-corrected chi connectivity index (χ0v) is 13.1. The Kier molecular flexibility index (Phi) is 7.08. The van der Waals surface area contributed by atoms with Gasteiger partial charge in [0.2, 0.25) is 16.2 Å². The molecule has 2 atom stereocenters. The van der Waals surface area contributed by atoms with Gasteiger partial charge in [-0.2, -0.15) is 22.0 Å². The number of alkyl halides is 7. The molecule has 15 heteroatoms. The third kappa shape index (κ3) is 5.85. The van der Waals surface area contributed by atoms with Crippen LogP contribution in [-0.2, 0) is 14.6 Å². The molecule has 6 nitrogen and oxygen atoms in total. The van der Waals surface area contributed by atoms with E-state index in [1.165, 1.54) is 0 Å². The molecule has 0 heterocycles. The molecular weight excluding hydrogens is 386 g/mol. The summed E-state index contributed by atoms with van der Waals surface area (Å²) in [7, 11) is -9.52. The SMILES string of the molecule is CN(CCCP(=O)(O)O)S(=O)(=O)C(F)C(F)C(F)(F)C(F)(F)F. The van der Waals surface area contributed by atoms with Crippen molar-refractivity contribution in [2.75, 3.05) is 19.8 Å². The number of nitrogens with zero attached hydrogens (tertiary/aromatic N) is 1. The molecule has 23 heavy (non-hydrogen) atoms. The van der Waals surface area contributed by atoms with E-state index in [-0.39, 0.29) is 4.31 Å². The van der Waals surface area contributed by atoms with Gasteiger partial charge in [-0.1, -0.05) is 0 Å². The number of rotatable bonds is 8. The Bertz CT molecular complexity index is 548. The third-order valence-electron chi connectivity index (χ3n) is 2.60. The van der Waals surface area contributed by atoms with Crippen LogP contribution in [0.15, 0.2) is 0 Å². The summed E-state index contributed by atoms with van der Waals surface area (Å²) in [6.07, 6.45) is -12.6. The van der Waals surface area contributed by atoms with Crippen LogP contribution in [0, 0.1) is 0 Å². The highest BCUT2D eigenvalue weighted by Gasteiger charge is 2.67. The summed E-state index contributed by atoms with van der Waals surface area (Å²) < 4.78 is 121. The molecule has 0 aromatic heterocycles. The second-order valence-corrected chi connectivity index (χ2v) is 8.36. The van der Waals surface area contributed by atoms with Crippen molar-refractivity contribution in [2.45, 2.75) is 30.2 Å². The Hall–Kier alpha value is -0.430. The van der Waals surface area contributed by atoms with Crippen LogP contribution in [0.2, 0.25) is 0 Å². The van der Waals surface area contributed by atoms with Crippen molar-refractivity contribution in [2.24, 2.45) is 0 Å². The normalized spacial score (nSPS) is 17.3. The van der Waals surface area contributed by atoms with Crippen molar-refractivity contribution in [1.82, 2.24) is 4.31 Å². The van der Waals surface area contributed by atoms with E-state index in [1.54, 1.807) is 0 Å². The van der Waals surface area contributed by atoms with Gasteiger partial charge in [0.15, 0.2) is 0 Å². The summed E-state index contributed by atoms with van der Waals surface area (Å²) in [5, 5.41) is 0. The molecule has 140 valence electrons. The van der Waals surface area contributed by atoms with E-state index >= 15 is 0 Å². The van der Waals surface area contributed by atoms with Gasteiger partial charge in [0.1, 0.15) is 0 Å². The number of hydrogen-bond donors (Lipinski definition) is 2. The molecular formula is C8H13F7NO5PS. The first kappa shape index (κ1) is 22.6. The topological polar surface area (TPSA) is 94.9 Å². The van der Waals surface area contributed by atoms with E-state index in [0.717, 1.165) is 0 Å². The molecule has 2 N–H and O–H groups in total. The fourth-order valence-electron chi connectivity index (χ4n) is 1.27. The van der Waals surface area contributed by atoms with Gasteiger partial charge in [0, 0.05) is 13.6 Å². The Morgan fingerprint density at radius 3 is 1.91 bits per heavy atom. The largest absolute Gasteiger partial charge is 0.456 e. The molecule has 0 saturated heterocycles. The van der Waals surface area contributed by atoms with Crippen LogP contribution in [0.4, 0.5) is 30.7 Å². The zero-order valence-electron chi connectivity index (χ0n) is 11.3. The summed E-state index contributed by atoms with van der Waals surface area (Å²) >= 11 is 0. The third-order valence-corrected chi connectivity index (χ3v) is 5.35. The number of halogens is 7. The molecule has 0 aromatic rings. The standard InChI is InChI=1S/C8H13F7NO5PS/c1-16(3-2-4-22(17,18)19)23(20,21)6(10)5(9)7(11,12)8(13,14)15/h5-6H,2-4H2,1H3,(H2,17,18,19). The van der Waals surface area contributed by atoms with Gasteiger partial charge in [-0.05, 0) is 6.42 Å². The van der Waals surface area contributed by atoms with Crippen LogP contribution in [0.5, 0.6) is 0 Å². The molecule has 0 aromatic carbocycles. The molecule has 0 aliphatic rings. The van der Waals surface area contributed by atoms with Crippen molar-refractivity contribution in [3.05, 3.63) is 0 Å². The highest BCUT2D eigenvalue weighted by Crippen LogP contribution is 2.42. The first-order chi connectivity index (χ1) is 9.94. The van der Waals surface area contributed by atoms with Crippen LogP contribution in [0.1, 0.15) is 6.42 Å². The van der Waals surface area contributed by atoms with Crippen LogP contribution in [0.3, 0.4) is 0 Å². The van der Waals surface area contributed by atoms with Crippen LogP contribution in [-0.4, -0.2) is 66.0 Å². The monoisotopic (exact) mass is 399 g/mol. The molecule has 0 rings (SSSR count). The first-order valence-corrected chi connectivity index (χ1v) is 8.97. The molecule has 0 fully saturated rings. The summed E-state index contributed by atoms with van der Waals surface area (Å²) in [6, 6.07) is 0. The lowest BCUT2D eigenvalue weighted by Crippen LogP contribution is -2.53. The molecule has 0 aliphatic heterocycles. The van der Waals surface area contributed by atoms with E-state index in [4.69, 9.17) is 9.79 Å². The Balaban J connectivity index is 5.10. The number of hydrogen-bond acceptors (Lipinski definition) is 3. The van der Waals surface area contributed by atoms with E-state index in [1.807, 2.05) is 0 Å². The lowest BCUT2D eigenvalue weighted by atomic mass is 10.2. The Morgan fingerprint density at radius 1 is 1.13 bits per heavy atom. The fraction of sp³-hybridized carbons (Fsp3) is 1.00. The minimum absolute atomic E-state index is 0.0909. The van der Waals surface area contributed by atoms with Gasteiger partial charge < -0.3 is 9.79 Å². The van der Waals surface area contributed by atoms with Gasteiger partial charge in [-0.25, -0.2) is 21.5 Å². The number of sulfonamides is 1. The first-order valence-electron chi connectivity index (χ1n) is 5.67. The van der Waals surface area contributed by atoms with Crippen LogP contribution in [0.25, 0.3) is 0 Å². The molecule has 0 spiro atoms. The predicted molar refractivity (Wildman–Crippen MR) is 63.9 cm³/mol. The minimum atomic E-state index is -6.49. The minimum Gasteiger partial charge on any atom is -0.324 e. The quantitative estimate of drug-likeness (QED) is 0.478. The van der Waals surface area contributed by atoms with Crippen LogP contribution >= 0.6 is 7.60 Å². The second kappa shape index (κ2) is 7.21. The fourth-order valence-corrected chi connectivity index (χ4v) is 3.02. The van der Waals surface area contributed by atoms with E-state index in [2.05, 4.69) is 0 Å². The maximum absolute atomic E-state index is 13.4. The summed E-state index contributed by atoms with van der Waals surface area (Å²) in [6.45, 7) is -0.821. The van der Waals surface area contributed by atoms with Gasteiger partial charge in [0.05, 0.1) is 6.16 Å². The smallest absolute Gasteiger partial charge is 0.324 e. The van der Waals surface area contributed by atoms with E-state index in [0.29, 0.717) is 7.05 Å². The van der Waals surface area contributed by atoms with Gasteiger partial charge in [0.25, 0.3) is 5.50 Å². The molecule has 0 saturated carbocycles. The summed E-state index contributed by atoms with van der Waals surface area (Å²) in [4.78, 5) is 17.0. The average Bonchev–Trinajstić information content (AvgIpc) is 2.33. The summed E-state index contributed by atoms with van der Waals surface area (Å²) in [5.41, 5.74) is -4.21. The average molecular weight is 399 g/mol. The molecule has 0 radical (unpaired) electrons. The Labute approximate surface area is 126 Å². The highest BCUT2D eigenvalue weighted by molar-refractivity contribution is 7.89. The lowest BCUT2D eigenvalue weighted by molar-refractivity contribution is -0.306. The maximum Gasteiger partial charge on any atom is 0.456 e. The predicted octanol–water partition coefficient (Wildman–Crippen LogP) is 1.65. The van der Waals surface area contributed by atoms with Crippen molar-refractivity contribution < 1.29 is 53.5 Å². The molecule has 0 aliphatic carbocycles. The van der Waals surface area contributed by atoms with Crippen molar-refractivity contribution in [1.29, 1.82) is 0 Å². The van der Waals surface area contributed by atoms with Gasteiger partial charge in [-0.15, -0.1) is 0 Å². The molecule has 2 unspecified atom stereocenters. The van der Waals surface area contributed by atoms with Crippen molar-refractivity contribution in [3.8, 4) is 0 Å². The van der Waals surface area contributed by atoms with Crippen LogP contribution < -0.4 is 0 Å². The molecule has 0 bridgehead atoms.